The van der Waals surface area contributed by atoms with Crippen LogP contribution in [0.1, 0.15) is 11.5 Å². The van der Waals surface area contributed by atoms with Crippen molar-refractivity contribution in [3.05, 3.63) is 46.0 Å². The van der Waals surface area contributed by atoms with Gasteiger partial charge in [-0.15, -0.1) is 0 Å². The standard InChI is InChI=1S/C13H14Cl2N2O3/c14-9-5-12(15)13(17-6-9)19-4-3-16-7-10-1-2-11(8-18)20-10/h1-2,5-6,16,18H,3-4,7-8H2. The third-order valence-corrected chi connectivity index (χ3v) is 2.94. The zero-order chi connectivity index (χ0) is 14.4. The van der Waals surface area contributed by atoms with Gasteiger partial charge in [0.05, 0.1) is 11.6 Å². The number of nitrogens with zero attached hydrogens (tertiary/aromatic N) is 1. The fraction of sp³-hybridized carbons (Fsp3) is 0.308. The molecule has 0 saturated heterocycles. The van der Waals surface area contributed by atoms with Gasteiger partial charge in [0.25, 0.3) is 0 Å². The number of nitrogens with one attached hydrogen (secondary N) is 1. The number of ether oxygens (including phenoxy) is 1. The van der Waals surface area contributed by atoms with Gasteiger partial charge in [-0.2, -0.15) is 0 Å². The van der Waals surface area contributed by atoms with Gasteiger partial charge in [0, 0.05) is 12.7 Å². The van der Waals surface area contributed by atoms with Crippen LogP contribution in [-0.4, -0.2) is 23.2 Å². The van der Waals surface area contributed by atoms with Crippen molar-refractivity contribution in [3.8, 4) is 5.88 Å². The van der Waals surface area contributed by atoms with Crippen LogP contribution in [-0.2, 0) is 13.2 Å². The molecule has 0 spiro atoms. The molecule has 2 rings (SSSR count). The molecule has 5 nitrogen and oxygen atoms in total. The maximum atomic E-state index is 8.87. The second-order valence-electron chi connectivity index (χ2n) is 3.99. The first-order valence-electron chi connectivity index (χ1n) is 6.02. The summed E-state index contributed by atoms with van der Waals surface area (Å²) in [4.78, 5) is 3.99. The van der Waals surface area contributed by atoms with E-state index in [1.54, 1.807) is 12.1 Å². The van der Waals surface area contributed by atoms with Gasteiger partial charge < -0.3 is 19.6 Å². The van der Waals surface area contributed by atoms with Crippen LogP contribution in [0.2, 0.25) is 10.0 Å². The van der Waals surface area contributed by atoms with Gasteiger partial charge in [0.1, 0.15) is 29.8 Å². The summed E-state index contributed by atoms with van der Waals surface area (Å²) in [5, 5.41) is 12.9. The van der Waals surface area contributed by atoms with E-state index in [0.29, 0.717) is 41.4 Å². The number of aromatic nitrogens is 1. The van der Waals surface area contributed by atoms with E-state index in [0.717, 1.165) is 5.76 Å². The van der Waals surface area contributed by atoms with E-state index >= 15 is 0 Å². The van der Waals surface area contributed by atoms with E-state index in [1.807, 2.05) is 6.07 Å². The summed E-state index contributed by atoms with van der Waals surface area (Å²) in [7, 11) is 0. The molecule has 0 radical (unpaired) electrons. The highest BCUT2D eigenvalue weighted by atomic mass is 35.5. The van der Waals surface area contributed by atoms with Gasteiger partial charge in [-0.05, 0) is 18.2 Å². The topological polar surface area (TPSA) is 67.5 Å². The van der Waals surface area contributed by atoms with Crippen molar-refractivity contribution in [2.45, 2.75) is 13.2 Å². The minimum Gasteiger partial charge on any atom is -0.475 e. The normalized spacial score (nSPS) is 10.8. The van der Waals surface area contributed by atoms with Crippen LogP contribution in [0.5, 0.6) is 5.88 Å². The lowest BCUT2D eigenvalue weighted by atomic mass is 10.4. The second-order valence-corrected chi connectivity index (χ2v) is 4.84. The summed E-state index contributed by atoms with van der Waals surface area (Å²) in [6.07, 6.45) is 1.48. The highest BCUT2D eigenvalue weighted by molar-refractivity contribution is 6.35. The summed E-state index contributed by atoms with van der Waals surface area (Å²) in [5.41, 5.74) is 0. The summed E-state index contributed by atoms with van der Waals surface area (Å²) in [6, 6.07) is 5.14. The molecule has 2 N–H and O–H groups in total. The average Bonchev–Trinajstić information content (AvgIpc) is 2.88. The molecule has 2 aromatic heterocycles. The molecular formula is C13H14Cl2N2O3. The van der Waals surface area contributed by atoms with Crippen molar-refractivity contribution < 1.29 is 14.3 Å². The van der Waals surface area contributed by atoms with E-state index in [1.165, 1.54) is 6.20 Å². The molecule has 0 atom stereocenters. The Morgan fingerprint density at radius 2 is 2.10 bits per heavy atom. The largest absolute Gasteiger partial charge is 0.475 e. The zero-order valence-electron chi connectivity index (χ0n) is 10.6. The zero-order valence-corrected chi connectivity index (χ0v) is 12.1. The second kappa shape index (κ2) is 7.50. The SMILES string of the molecule is OCc1ccc(CNCCOc2ncc(Cl)cc2Cl)o1. The molecule has 0 amide bonds. The van der Waals surface area contributed by atoms with E-state index in [-0.39, 0.29) is 6.61 Å². The first-order valence-corrected chi connectivity index (χ1v) is 6.77. The molecule has 0 aliphatic heterocycles. The molecule has 0 saturated carbocycles. The van der Waals surface area contributed by atoms with E-state index in [9.17, 15) is 0 Å². The number of hydrogen-bond donors (Lipinski definition) is 2. The molecule has 0 unspecified atom stereocenters. The van der Waals surface area contributed by atoms with Crippen LogP contribution in [0.3, 0.4) is 0 Å². The van der Waals surface area contributed by atoms with E-state index < -0.39 is 0 Å². The summed E-state index contributed by atoms with van der Waals surface area (Å²) < 4.78 is 10.7. The fourth-order valence-corrected chi connectivity index (χ4v) is 1.98. The van der Waals surface area contributed by atoms with Crippen molar-refractivity contribution in [2.24, 2.45) is 0 Å². The summed E-state index contributed by atoms with van der Waals surface area (Å²) in [6.45, 7) is 1.49. The lowest BCUT2D eigenvalue weighted by Gasteiger charge is -2.07. The van der Waals surface area contributed by atoms with Crippen LogP contribution in [0.25, 0.3) is 0 Å². The van der Waals surface area contributed by atoms with Crippen LogP contribution in [0.15, 0.2) is 28.8 Å². The Kier molecular flexibility index (Phi) is 5.67. The third kappa shape index (κ3) is 4.38. The first-order chi connectivity index (χ1) is 9.69. The minimum atomic E-state index is -0.0934. The fourth-order valence-electron chi connectivity index (χ4n) is 1.54. The molecule has 0 fully saturated rings. The monoisotopic (exact) mass is 316 g/mol. The smallest absolute Gasteiger partial charge is 0.232 e. The molecular weight excluding hydrogens is 303 g/mol. The van der Waals surface area contributed by atoms with Gasteiger partial charge in [-0.25, -0.2) is 4.98 Å². The Morgan fingerprint density at radius 3 is 2.80 bits per heavy atom. The number of furan rings is 1. The number of aliphatic hydroxyl groups is 1. The molecule has 0 aromatic carbocycles. The highest BCUT2D eigenvalue weighted by Crippen LogP contribution is 2.24. The Morgan fingerprint density at radius 1 is 1.30 bits per heavy atom. The lowest BCUT2D eigenvalue weighted by molar-refractivity contribution is 0.242. The Balaban J connectivity index is 1.68. The highest BCUT2D eigenvalue weighted by Gasteiger charge is 2.04. The number of halogens is 2. The Bertz CT molecular complexity index is 560. The van der Waals surface area contributed by atoms with Crippen molar-refractivity contribution in [1.29, 1.82) is 0 Å². The van der Waals surface area contributed by atoms with Crippen molar-refractivity contribution in [2.75, 3.05) is 13.2 Å². The third-order valence-electron chi connectivity index (χ3n) is 2.46. The maximum Gasteiger partial charge on any atom is 0.232 e. The van der Waals surface area contributed by atoms with Crippen molar-refractivity contribution in [1.82, 2.24) is 10.3 Å². The van der Waals surface area contributed by atoms with Gasteiger partial charge in [0.15, 0.2) is 0 Å². The molecule has 0 aliphatic carbocycles. The number of rotatable bonds is 7. The van der Waals surface area contributed by atoms with Gasteiger partial charge in [0.2, 0.25) is 5.88 Å². The van der Waals surface area contributed by atoms with Crippen LogP contribution < -0.4 is 10.1 Å². The predicted octanol–water partition coefficient (Wildman–Crippen LogP) is 2.64. The van der Waals surface area contributed by atoms with Crippen molar-refractivity contribution in [3.63, 3.8) is 0 Å². The van der Waals surface area contributed by atoms with Crippen molar-refractivity contribution >= 4 is 23.2 Å². The number of pyridine rings is 1. The van der Waals surface area contributed by atoms with Crippen LogP contribution >= 0.6 is 23.2 Å². The van der Waals surface area contributed by atoms with Crippen LogP contribution in [0, 0.1) is 0 Å². The maximum absolute atomic E-state index is 8.87. The average molecular weight is 317 g/mol. The van der Waals surface area contributed by atoms with Crippen LogP contribution in [0.4, 0.5) is 0 Å². The van der Waals surface area contributed by atoms with E-state index in [2.05, 4.69) is 10.3 Å². The molecule has 2 heterocycles. The minimum absolute atomic E-state index is 0.0934. The Labute approximate surface area is 126 Å². The first kappa shape index (κ1) is 15.1. The molecule has 108 valence electrons. The molecule has 0 aliphatic rings. The number of hydrogen-bond acceptors (Lipinski definition) is 5. The molecule has 7 heteroatoms. The van der Waals surface area contributed by atoms with Gasteiger partial charge >= 0.3 is 0 Å². The molecule has 20 heavy (non-hydrogen) atoms. The quantitative estimate of drug-likeness (QED) is 0.769. The predicted molar refractivity (Wildman–Crippen MR) is 76.1 cm³/mol. The molecule has 0 bridgehead atoms. The molecule has 2 aromatic rings. The van der Waals surface area contributed by atoms with Gasteiger partial charge in [-0.3, -0.25) is 0 Å². The number of aliphatic hydroxyl groups excluding tert-OH is 1. The summed E-state index contributed by atoms with van der Waals surface area (Å²) in [5.74, 6) is 1.67. The lowest BCUT2D eigenvalue weighted by Crippen LogP contribution is -2.20. The van der Waals surface area contributed by atoms with Gasteiger partial charge in [-0.1, -0.05) is 23.2 Å². The van der Waals surface area contributed by atoms with E-state index in [4.69, 9.17) is 37.5 Å². The Hall–Kier alpha value is -1.27. The summed E-state index contributed by atoms with van der Waals surface area (Å²) >= 11 is 11.7.